The molecule has 8 nitrogen and oxygen atoms in total. The summed E-state index contributed by atoms with van der Waals surface area (Å²) < 4.78 is 16.8. The number of carboxylic acid groups (broad SMARTS) is 1. The number of aromatic nitrogens is 2. The Bertz CT molecular complexity index is 1570. The molecule has 10 heteroatoms. The zero-order valence-electron chi connectivity index (χ0n) is 19.7. The van der Waals surface area contributed by atoms with Crippen LogP contribution in [0, 0.1) is 5.82 Å². The number of hydrogen-bond donors (Lipinski definition) is 2. The molecule has 188 valence electrons. The third kappa shape index (κ3) is 4.59. The second-order valence-electron chi connectivity index (χ2n) is 8.75. The van der Waals surface area contributed by atoms with E-state index in [0.29, 0.717) is 50.5 Å². The number of H-pyrrole nitrogens is 1. The molecule has 3 heterocycles. The highest BCUT2D eigenvalue weighted by atomic mass is 35.5. The highest BCUT2D eigenvalue weighted by molar-refractivity contribution is 5.93. The summed E-state index contributed by atoms with van der Waals surface area (Å²) in [6.45, 7) is 5.41. The molecule has 0 radical (unpaired) electrons. The lowest BCUT2D eigenvalue weighted by Crippen LogP contribution is -2.46. The Morgan fingerprint density at radius 2 is 1.78 bits per heavy atom. The second-order valence-corrected chi connectivity index (χ2v) is 8.75. The summed E-state index contributed by atoms with van der Waals surface area (Å²) >= 11 is 0. The van der Waals surface area contributed by atoms with Crippen molar-refractivity contribution in [1.29, 1.82) is 0 Å². The number of aryl methyl sites for hydroxylation is 1. The zero-order chi connectivity index (χ0) is 24.7. The Hall–Kier alpha value is -3.69. The maximum atomic E-state index is 15.1. The number of aromatic amines is 1. The lowest BCUT2D eigenvalue weighted by molar-refractivity contribution is 0.0695. The van der Waals surface area contributed by atoms with Gasteiger partial charge in [0.15, 0.2) is 0 Å². The Labute approximate surface area is 212 Å². The second kappa shape index (κ2) is 10.1. The molecule has 1 fully saturated rings. The number of anilines is 1. The first-order valence-corrected chi connectivity index (χ1v) is 11.5. The smallest absolute Gasteiger partial charge is 0.341 e. The third-order valence-electron chi connectivity index (χ3n) is 6.66. The van der Waals surface area contributed by atoms with Crippen molar-refractivity contribution in [1.82, 2.24) is 14.5 Å². The van der Waals surface area contributed by atoms with Crippen molar-refractivity contribution < 1.29 is 14.3 Å². The lowest BCUT2D eigenvalue weighted by Gasteiger charge is -2.36. The molecule has 0 atom stereocenters. The van der Waals surface area contributed by atoms with E-state index in [-0.39, 0.29) is 28.9 Å². The van der Waals surface area contributed by atoms with Crippen LogP contribution in [0.3, 0.4) is 0 Å². The number of piperazine rings is 1. The maximum Gasteiger partial charge on any atom is 0.341 e. The summed E-state index contributed by atoms with van der Waals surface area (Å²) in [6, 6.07) is 12.1. The van der Waals surface area contributed by atoms with Crippen LogP contribution in [0.15, 0.2) is 58.3 Å². The van der Waals surface area contributed by atoms with Crippen LogP contribution in [-0.2, 0) is 13.1 Å². The van der Waals surface area contributed by atoms with Gasteiger partial charge < -0.3 is 19.6 Å². The van der Waals surface area contributed by atoms with E-state index < -0.39 is 17.2 Å². The fraction of sp³-hybridized carbons (Fsp3) is 0.269. The number of hydrogen-bond acceptors (Lipinski definition) is 5. The van der Waals surface area contributed by atoms with Crippen LogP contribution in [0.4, 0.5) is 10.1 Å². The molecule has 0 unspecified atom stereocenters. The molecule has 0 amide bonds. The first-order valence-electron chi connectivity index (χ1n) is 11.5. The normalized spacial score (nSPS) is 14.2. The minimum atomic E-state index is -1.33. The summed E-state index contributed by atoms with van der Waals surface area (Å²) in [4.78, 5) is 43.2. The third-order valence-corrected chi connectivity index (χ3v) is 6.66. The Balaban J connectivity index is 0.00000304. The van der Waals surface area contributed by atoms with Crippen molar-refractivity contribution in [2.75, 3.05) is 31.1 Å². The molecular formula is C26H26ClFN4O4. The quantitative estimate of drug-likeness (QED) is 0.425. The minimum Gasteiger partial charge on any atom is -0.477 e. The van der Waals surface area contributed by atoms with Gasteiger partial charge in [0.1, 0.15) is 11.4 Å². The van der Waals surface area contributed by atoms with Gasteiger partial charge in [-0.15, -0.1) is 12.4 Å². The van der Waals surface area contributed by atoms with Gasteiger partial charge in [-0.1, -0.05) is 18.2 Å². The lowest BCUT2D eigenvalue weighted by atomic mass is 10.1. The number of halogens is 2. The number of nitrogens with zero attached hydrogens (tertiary/aromatic N) is 3. The molecule has 0 aliphatic carbocycles. The van der Waals surface area contributed by atoms with E-state index in [2.05, 4.69) is 9.88 Å². The number of para-hydroxylation sites is 1. The van der Waals surface area contributed by atoms with Crippen molar-refractivity contribution in [3.63, 3.8) is 0 Å². The van der Waals surface area contributed by atoms with Gasteiger partial charge in [-0.05, 0) is 30.7 Å². The molecule has 1 aliphatic rings. The fourth-order valence-corrected chi connectivity index (χ4v) is 4.85. The zero-order valence-corrected chi connectivity index (χ0v) is 20.5. The van der Waals surface area contributed by atoms with Crippen molar-refractivity contribution in [2.24, 2.45) is 0 Å². The van der Waals surface area contributed by atoms with Crippen LogP contribution in [0.2, 0.25) is 0 Å². The van der Waals surface area contributed by atoms with E-state index in [4.69, 9.17) is 0 Å². The SMILES string of the molecule is CCn1cc(C(=O)O)c(=O)c2cc(F)c(N3CCN(Cc4cc(=O)[nH]c5ccccc45)CC3)cc21.Cl. The van der Waals surface area contributed by atoms with Crippen molar-refractivity contribution >= 4 is 45.9 Å². The molecule has 5 rings (SSSR count). The average molecular weight is 513 g/mol. The van der Waals surface area contributed by atoms with E-state index in [0.717, 1.165) is 22.5 Å². The van der Waals surface area contributed by atoms with Gasteiger partial charge in [0.25, 0.3) is 0 Å². The van der Waals surface area contributed by atoms with E-state index in [1.165, 1.54) is 6.20 Å². The summed E-state index contributed by atoms with van der Waals surface area (Å²) in [5.74, 6) is -1.87. The Morgan fingerprint density at radius 1 is 1.06 bits per heavy atom. The number of aromatic carboxylic acids is 1. The molecular weight excluding hydrogens is 487 g/mol. The monoisotopic (exact) mass is 512 g/mol. The molecule has 4 aromatic rings. The molecule has 2 aromatic heterocycles. The topological polar surface area (TPSA) is 98.6 Å². The predicted molar refractivity (Wildman–Crippen MR) is 140 cm³/mol. The standard InChI is InChI=1S/C26H25FN4O4.ClH/c1-2-30-15-19(26(34)35)25(33)18-12-20(27)23(13-22(18)30)31-9-7-29(8-10-31)14-16-11-24(32)28-21-6-4-3-5-17(16)21;/h3-6,11-13,15H,2,7-10,14H2,1H3,(H,28,32)(H,34,35);1H. The summed E-state index contributed by atoms with van der Waals surface area (Å²) in [5, 5.41) is 10.4. The molecule has 0 bridgehead atoms. The van der Waals surface area contributed by atoms with Crippen LogP contribution in [0.1, 0.15) is 22.8 Å². The van der Waals surface area contributed by atoms with Gasteiger partial charge in [-0.2, -0.15) is 0 Å². The van der Waals surface area contributed by atoms with E-state index in [1.807, 2.05) is 36.1 Å². The fourth-order valence-electron chi connectivity index (χ4n) is 4.85. The van der Waals surface area contributed by atoms with Crippen molar-refractivity contribution in [3.8, 4) is 0 Å². The number of carbonyl (C=O) groups is 1. The van der Waals surface area contributed by atoms with Crippen LogP contribution < -0.4 is 15.9 Å². The maximum absolute atomic E-state index is 15.1. The number of rotatable bonds is 5. The predicted octanol–water partition coefficient (Wildman–Crippen LogP) is 3.44. The van der Waals surface area contributed by atoms with E-state index >= 15 is 4.39 Å². The Kier molecular flexibility index (Phi) is 7.14. The molecule has 36 heavy (non-hydrogen) atoms. The van der Waals surface area contributed by atoms with Crippen molar-refractivity contribution in [2.45, 2.75) is 20.0 Å². The van der Waals surface area contributed by atoms with Gasteiger partial charge in [-0.25, -0.2) is 9.18 Å². The summed E-state index contributed by atoms with van der Waals surface area (Å²) in [5.41, 5.74) is 1.48. The first kappa shape index (κ1) is 25.4. The van der Waals surface area contributed by atoms with Crippen LogP contribution in [0.5, 0.6) is 0 Å². The van der Waals surface area contributed by atoms with Gasteiger partial charge in [-0.3, -0.25) is 14.5 Å². The van der Waals surface area contributed by atoms with Gasteiger partial charge >= 0.3 is 5.97 Å². The van der Waals surface area contributed by atoms with Crippen LogP contribution >= 0.6 is 12.4 Å². The van der Waals surface area contributed by atoms with Gasteiger partial charge in [0.2, 0.25) is 11.0 Å². The van der Waals surface area contributed by atoms with Crippen molar-refractivity contribution in [3.05, 3.63) is 86.2 Å². The summed E-state index contributed by atoms with van der Waals surface area (Å²) in [6.07, 6.45) is 1.32. The number of carboxylic acids is 1. The number of pyridine rings is 2. The van der Waals surface area contributed by atoms with Gasteiger partial charge in [0.05, 0.1) is 11.2 Å². The molecule has 1 saturated heterocycles. The number of fused-ring (bicyclic) bond motifs is 2. The van der Waals surface area contributed by atoms with E-state index in [1.54, 1.807) is 16.7 Å². The van der Waals surface area contributed by atoms with Crippen LogP contribution in [-0.4, -0.2) is 51.7 Å². The molecule has 2 N–H and O–H groups in total. The molecule has 2 aromatic carbocycles. The Morgan fingerprint density at radius 3 is 2.47 bits per heavy atom. The van der Waals surface area contributed by atoms with E-state index in [9.17, 15) is 19.5 Å². The first-order chi connectivity index (χ1) is 16.9. The number of benzene rings is 2. The van der Waals surface area contributed by atoms with Gasteiger partial charge in [0, 0.05) is 67.8 Å². The summed E-state index contributed by atoms with van der Waals surface area (Å²) in [7, 11) is 0. The minimum absolute atomic E-state index is 0. The molecule has 0 spiro atoms. The average Bonchev–Trinajstić information content (AvgIpc) is 2.84. The number of nitrogens with one attached hydrogen (secondary N) is 1. The highest BCUT2D eigenvalue weighted by Crippen LogP contribution is 2.27. The van der Waals surface area contributed by atoms with Crippen LogP contribution in [0.25, 0.3) is 21.8 Å². The molecule has 1 aliphatic heterocycles. The highest BCUT2D eigenvalue weighted by Gasteiger charge is 2.23. The largest absolute Gasteiger partial charge is 0.477 e. The molecule has 0 saturated carbocycles.